The van der Waals surface area contributed by atoms with Crippen LogP contribution in [0.4, 0.5) is 0 Å². The number of hydrogen-bond acceptors (Lipinski definition) is 2. The smallest absolute Gasteiger partial charge is 0.220 e. The van der Waals surface area contributed by atoms with E-state index in [1.54, 1.807) is 0 Å². The van der Waals surface area contributed by atoms with Gasteiger partial charge in [-0.25, -0.2) is 0 Å². The summed E-state index contributed by atoms with van der Waals surface area (Å²) in [6, 6.07) is 0.136. The third kappa shape index (κ3) is 3.44. The van der Waals surface area contributed by atoms with Crippen molar-refractivity contribution in [1.82, 2.24) is 10.6 Å². The van der Waals surface area contributed by atoms with Crippen molar-refractivity contribution in [2.45, 2.75) is 38.6 Å². The first-order valence-corrected chi connectivity index (χ1v) is 4.78. The molecule has 1 aliphatic heterocycles. The molecule has 0 radical (unpaired) electrons. The van der Waals surface area contributed by atoms with Crippen LogP contribution in [0, 0.1) is 0 Å². The van der Waals surface area contributed by atoms with Crippen LogP contribution < -0.4 is 10.6 Å². The Balaban J connectivity index is 2.22. The van der Waals surface area contributed by atoms with Crippen molar-refractivity contribution < 1.29 is 9.59 Å². The fraction of sp³-hybridized carbons (Fsp3) is 0.778. The number of amides is 2. The van der Waals surface area contributed by atoms with Gasteiger partial charge < -0.3 is 10.6 Å². The zero-order chi connectivity index (χ0) is 9.68. The Bertz CT molecular complexity index is 194. The van der Waals surface area contributed by atoms with E-state index in [0.29, 0.717) is 19.4 Å². The molecule has 2 N–H and O–H groups in total. The number of carbonyl (C=O) groups is 2. The third-order valence-electron chi connectivity index (χ3n) is 2.11. The number of carbonyl (C=O) groups excluding carboxylic acids is 2. The molecule has 2 amide bonds. The van der Waals surface area contributed by atoms with Gasteiger partial charge in [0, 0.05) is 25.4 Å². The summed E-state index contributed by atoms with van der Waals surface area (Å²) in [4.78, 5) is 22.0. The molecule has 0 spiro atoms. The first-order chi connectivity index (χ1) is 6.22. The Hall–Kier alpha value is -1.06. The van der Waals surface area contributed by atoms with Gasteiger partial charge in [-0.05, 0) is 12.8 Å². The summed E-state index contributed by atoms with van der Waals surface area (Å²) >= 11 is 0. The highest BCUT2D eigenvalue weighted by molar-refractivity contribution is 5.78. The number of piperidine rings is 1. The van der Waals surface area contributed by atoms with Gasteiger partial charge in [0.15, 0.2) is 0 Å². The number of rotatable bonds is 3. The zero-order valence-electron chi connectivity index (χ0n) is 7.93. The molecule has 0 saturated carbocycles. The largest absolute Gasteiger partial charge is 0.354 e. The van der Waals surface area contributed by atoms with Crippen LogP contribution in [0.3, 0.4) is 0 Å². The molecule has 1 atom stereocenters. The summed E-state index contributed by atoms with van der Waals surface area (Å²) < 4.78 is 0. The van der Waals surface area contributed by atoms with Crippen molar-refractivity contribution in [2.75, 3.05) is 6.54 Å². The summed E-state index contributed by atoms with van der Waals surface area (Å²) in [5, 5.41) is 5.61. The Morgan fingerprint density at radius 3 is 3.00 bits per heavy atom. The monoisotopic (exact) mass is 184 g/mol. The second-order valence-corrected chi connectivity index (χ2v) is 3.36. The van der Waals surface area contributed by atoms with Gasteiger partial charge in [0.1, 0.15) is 0 Å². The van der Waals surface area contributed by atoms with Crippen molar-refractivity contribution in [3.05, 3.63) is 0 Å². The molecule has 13 heavy (non-hydrogen) atoms. The molecular weight excluding hydrogens is 168 g/mol. The van der Waals surface area contributed by atoms with Crippen molar-refractivity contribution in [2.24, 2.45) is 0 Å². The predicted octanol–water partition coefficient (Wildman–Crippen LogP) is 0.181. The quantitative estimate of drug-likeness (QED) is 0.657. The topological polar surface area (TPSA) is 58.2 Å². The van der Waals surface area contributed by atoms with Crippen molar-refractivity contribution in [3.63, 3.8) is 0 Å². The molecule has 4 nitrogen and oxygen atoms in total. The van der Waals surface area contributed by atoms with Gasteiger partial charge in [-0.1, -0.05) is 6.92 Å². The van der Waals surface area contributed by atoms with Crippen molar-refractivity contribution in [1.29, 1.82) is 0 Å². The molecule has 0 aromatic heterocycles. The Kier molecular flexibility index (Phi) is 3.73. The molecule has 4 heteroatoms. The van der Waals surface area contributed by atoms with E-state index in [2.05, 4.69) is 10.6 Å². The highest BCUT2D eigenvalue weighted by Crippen LogP contribution is 2.02. The van der Waals surface area contributed by atoms with E-state index >= 15 is 0 Å². The van der Waals surface area contributed by atoms with E-state index in [-0.39, 0.29) is 17.9 Å². The van der Waals surface area contributed by atoms with Gasteiger partial charge in [0.25, 0.3) is 0 Å². The highest BCUT2D eigenvalue weighted by Gasteiger charge is 2.18. The van der Waals surface area contributed by atoms with Crippen LogP contribution in [0.5, 0.6) is 0 Å². The molecule has 1 unspecified atom stereocenters. The molecule has 1 heterocycles. The minimum atomic E-state index is 0.0843. The van der Waals surface area contributed by atoms with Gasteiger partial charge in [0.2, 0.25) is 11.8 Å². The first-order valence-electron chi connectivity index (χ1n) is 4.78. The van der Waals surface area contributed by atoms with E-state index in [0.717, 1.165) is 12.8 Å². The zero-order valence-corrected chi connectivity index (χ0v) is 7.93. The summed E-state index contributed by atoms with van der Waals surface area (Å²) in [5.74, 6) is 0.171. The van der Waals surface area contributed by atoms with Crippen LogP contribution in [0.1, 0.15) is 32.6 Å². The standard InChI is InChI=1S/C9H16N2O2/c1-2-3-9(13)11-7-4-5-8(12)10-6-7/h7H,2-6H2,1H3,(H,10,12)(H,11,13). The molecule has 0 aliphatic carbocycles. The van der Waals surface area contributed by atoms with Gasteiger partial charge in [0.05, 0.1) is 0 Å². The molecule has 0 aromatic carbocycles. The fourth-order valence-corrected chi connectivity index (χ4v) is 1.38. The van der Waals surface area contributed by atoms with E-state index < -0.39 is 0 Å². The number of nitrogens with one attached hydrogen (secondary N) is 2. The predicted molar refractivity (Wildman–Crippen MR) is 49.1 cm³/mol. The molecule has 74 valence electrons. The normalized spacial score (nSPS) is 22.2. The summed E-state index contributed by atoms with van der Waals surface area (Å²) in [6.45, 7) is 2.55. The fourth-order valence-electron chi connectivity index (χ4n) is 1.38. The molecule has 0 bridgehead atoms. The van der Waals surface area contributed by atoms with Crippen molar-refractivity contribution in [3.8, 4) is 0 Å². The van der Waals surface area contributed by atoms with E-state index in [4.69, 9.17) is 0 Å². The van der Waals surface area contributed by atoms with Gasteiger partial charge in [-0.3, -0.25) is 9.59 Å². The third-order valence-corrected chi connectivity index (χ3v) is 2.11. The maximum absolute atomic E-state index is 11.2. The summed E-state index contributed by atoms with van der Waals surface area (Å²) in [6.07, 6.45) is 2.73. The van der Waals surface area contributed by atoms with Crippen LogP contribution >= 0.6 is 0 Å². The number of hydrogen-bond donors (Lipinski definition) is 2. The SMILES string of the molecule is CCCC(=O)NC1CCC(=O)NC1. The van der Waals surface area contributed by atoms with Crippen LogP contribution in [0.25, 0.3) is 0 Å². The maximum atomic E-state index is 11.2. The van der Waals surface area contributed by atoms with Gasteiger partial charge in [-0.15, -0.1) is 0 Å². The van der Waals surface area contributed by atoms with Gasteiger partial charge >= 0.3 is 0 Å². The molecular formula is C9H16N2O2. The van der Waals surface area contributed by atoms with Crippen LogP contribution in [0.15, 0.2) is 0 Å². The molecule has 0 aromatic rings. The lowest BCUT2D eigenvalue weighted by atomic mass is 10.1. The minimum absolute atomic E-state index is 0.0843. The van der Waals surface area contributed by atoms with Gasteiger partial charge in [-0.2, -0.15) is 0 Å². The average molecular weight is 184 g/mol. The van der Waals surface area contributed by atoms with Crippen molar-refractivity contribution >= 4 is 11.8 Å². The second-order valence-electron chi connectivity index (χ2n) is 3.36. The molecule has 1 rings (SSSR count). The second kappa shape index (κ2) is 4.84. The lowest BCUT2D eigenvalue weighted by Gasteiger charge is -2.23. The molecule has 1 saturated heterocycles. The van der Waals surface area contributed by atoms with Crippen LogP contribution in [-0.2, 0) is 9.59 Å². The maximum Gasteiger partial charge on any atom is 0.220 e. The Labute approximate surface area is 78.1 Å². The highest BCUT2D eigenvalue weighted by atomic mass is 16.2. The first kappa shape index (κ1) is 10.0. The molecule has 1 aliphatic rings. The lowest BCUT2D eigenvalue weighted by molar-refractivity contribution is -0.125. The molecule has 1 fully saturated rings. The van der Waals surface area contributed by atoms with E-state index in [1.165, 1.54) is 0 Å². The average Bonchev–Trinajstić information content (AvgIpc) is 2.09. The Morgan fingerprint density at radius 1 is 1.69 bits per heavy atom. The summed E-state index contributed by atoms with van der Waals surface area (Å²) in [5.41, 5.74) is 0. The Morgan fingerprint density at radius 2 is 2.46 bits per heavy atom. The summed E-state index contributed by atoms with van der Waals surface area (Å²) in [7, 11) is 0. The van der Waals surface area contributed by atoms with Crippen LogP contribution in [-0.4, -0.2) is 24.4 Å². The van der Waals surface area contributed by atoms with E-state index in [1.807, 2.05) is 6.92 Å². The minimum Gasteiger partial charge on any atom is -0.354 e. The van der Waals surface area contributed by atoms with Crippen LogP contribution in [0.2, 0.25) is 0 Å². The lowest BCUT2D eigenvalue weighted by Crippen LogP contribution is -2.47. The van der Waals surface area contributed by atoms with E-state index in [9.17, 15) is 9.59 Å².